The Morgan fingerprint density at radius 3 is 2.62 bits per heavy atom. The minimum absolute atomic E-state index is 0.394. The van der Waals surface area contributed by atoms with Crippen LogP contribution in [0, 0.1) is 17.8 Å². The van der Waals surface area contributed by atoms with Crippen molar-refractivity contribution < 1.29 is 24.2 Å². The molecule has 1 saturated carbocycles. The van der Waals surface area contributed by atoms with Crippen LogP contribution in [0.15, 0.2) is 0 Å². The fraction of sp³-hybridized carbons (Fsp3) is 0.625. The average Bonchev–Trinajstić information content (AvgIpc) is 2.55. The van der Waals surface area contributed by atoms with Crippen LogP contribution >= 0.6 is 0 Å². The van der Waals surface area contributed by atoms with Crippen molar-refractivity contribution in [2.75, 3.05) is 0 Å². The Morgan fingerprint density at radius 1 is 1.31 bits per heavy atom. The Kier molecular flexibility index (Phi) is 1.61. The van der Waals surface area contributed by atoms with Crippen molar-refractivity contribution >= 4 is 17.9 Å². The van der Waals surface area contributed by atoms with E-state index >= 15 is 0 Å². The Hall–Kier alpha value is -1.39. The number of hydrogen-bond acceptors (Lipinski definition) is 4. The van der Waals surface area contributed by atoms with Crippen molar-refractivity contribution in [2.24, 2.45) is 17.8 Å². The van der Waals surface area contributed by atoms with Gasteiger partial charge in [0.15, 0.2) is 0 Å². The molecule has 5 nitrogen and oxygen atoms in total. The van der Waals surface area contributed by atoms with Crippen molar-refractivity contribution in [3.05, 3.63) is 0 Å². The van der Waals surface area contributed by atoms with Gasteiger partial charge in [-0.3, -0.25) is 14.4 Å². The summed E-state index contributed by atoms with van der Waals surface area (Å²) >= 11 is 0. The number of aliphatic carboxylic acids is 1. The van der Waals surface area contributed by atoms with Crippen LogP contribution < -0.4 is 0 Å². The lowest BCUT2D eigenvalue weighted by atomic mass is 9.92. The fourth-order valence-corrected chi connectivity index (χ4v) is 2.11. The van der Waals surface area contributed by atoms with Crippen LogP contribution in [0.5, 0.6) is 0 Å². The highest BCUT2D eigenvalue weighted by Crippen LogP contribution is 2.42. The largest absolute Gasteiger partial charge is 0.481 e. The van der Waals surface area contributed by atoms with Gasteiger partial charge < -0.3 is 9.84 Å². The second-order valence-corrected chi connectivity index (χ2v) is 3.39. The molecular formula is C8H8O5. The quantitative estimate of drug-likeness (QED) is 0.450. The predicted octanol–water partition coefficient (Wildman–Crippen LogP) is -0.203. The summed E-state index contributed by atoms with van der Waals surface area (Å²) < 4.78 is 4.37. The maximum Gasteiger partial charge on any atom is 0.318 e. The van der Waals surface area contributed by atoms with Crippen molar-refractivity contribution in [2.45, 2.75) is 12.8 Å². The summed E-state index contributed by atoms with van der Waals surface area (Å²) in [7, 11) is 0. The third-order valence-corrected chi connectivity index (χ3v) is 2.75. The minimum atomic E-state index is -1.01. The number of esters is 2. The molecular weight excluding hydrogens is 176 g/mol. The van der Waals surface area contributed by atoms with Gasteiger partial charge in [-0.1, -0.05) is 0 Å². The molecule has 0 bridgehead atoms. The van der Waals surface area contributed by atoms with Gasteiger partial charge in [-0.2, -0.15) is 0 Å². The lowest BCUT2D eigenvalue weighted by Gasteiger charge is -2.07. The monoisotopic (exact) mass is 184 g/mol. The molecule has 2 rings (SSSR count). The van der Waals surface area contributed by atoms with Crippen molar-refractivity contribution in [3.63, 3.8) is 0 Å². The maximum atomic E-state index is 11.1. The first-order valence-corrected chi connectivity index (χ1v) is 4.09. The van der Waals surface area contributed by atoms with E-state index in [-0.39, 0.29) is 0 Å². The Morgan fingerprint density at radius 2 is 2.00 bits per heavy atom. The first-order chi connectivity index (χ1) is 6.11. The highest BCUT2D eigenvalue weighted by atomic mass is 16.6. The lowest BCUT2D eigenvalue weighted by Crippen LogP contribution is -2.24. The number of cyclic esters (lactones) is 2. The van der Waals surface area contributed by atoms with Gasteiger partial charge in [-0.25, -0.2) is 0 Å². The van der Waals surface area contributed by atoms with Crippen LogP contribution in [0.2, 0.25) is 0 Å². The number of carbonyl (C=O) groups excluding carboxylic acids is 2. The Labute approximate surface area is 73.7 Å². The molecule has 13 heavy (non-hydrogen) atoms. The number of ether oxygens (including phenoxy) is 1. The highest BCUT2D eigenvalue weighted by Gasteiger charge is 2.54. The van der Waals surface area contributed by atoms with E-state index in [2.05, 4.69) is 4.74 Å². The van der Waals surface area contributed by atoms with Crippen LogP contribution in [-0.4, -0.2) is 23.0 Å². The first-order valence-electron chi connectivity index (χ1n) is 4.09. The summed E-state index contributed by atoms with van der Waals surface area (Å²) in [6.07, 6.45) is 0.845. The van der Waals surface area contributed by atoms with E-state index < -0.39 is 35.7 Å². The summed E-state index contributed by atoms with van der Waals surface area (Å²) in [4.78, 5) is 32.8. The molecule has 2 aliphatic rings. The molecule has 5 heteroatoms. The van der Waals surface area contributed by atoms with Crippen molar-refractivity contribution in [1.29, 1.82) is 0 Å². The molecule has 1 N–H and O–H groups in total. The number of hydrogen-bond donors (Lipinski definition) is 1. The Balaban J connectivity index is 2.27. The van der Waals surface area contributed by atoms with E-state index in [4.69, 9.17) is 5.11 Å². The SMILES string of the molecule is O=C(O)C1CCC2C(=O)OC(=O)C12. The molecule has 1 aliphatic carbocycles. The second kappa shape index (κ2) is 2.55. The molecule has 1 saturated heterocycles. The fourth-order valence-electron chi connectivity index (χ4n) is 2.11. The first kappa shape index (κ1) is 8.22. The second-order valence-electron chi connectivity index (χ2n) is 3.39. The summed E-state index contributed by atoms with van der Waals surface area (Å²) in [5.41, 5.74) is 0. The van der Waals surface area contributed by atoms with E-state index in [1.807, 2.05) is 0 Å². The predicted molar refractivity (Wildman–Crippen MR) is 38.4 cm³/mol. The average molecular weight is 184 g/mol. The molecule has 1 heterocycles. The van der Waals surface area contributed by atoms with Gasteiger partial charge in [0.1, 0.15) is 0 Å². The molecule has 0 aromatic carbocycles. The van der Waals surface area contributed by atoms with Crippen molar-refractivity contribution in [1.82, 2.24) is 0 Å². The topological polar surface area (TPSA) is 80.7 Å². The lowest BCUT2D eigenvalue weighted by molar-refractivity contribution is -0.157. The van der Waals surface area contributed by atoms with E-state index in [0.717, 1.165) is 0 Å². The number of carboxylic acid groups (broad SMARTS) is 1. The molecule has 70 valence electrons. The molecule has 3 atom stereocenters. The number of carboxylic acids is 1. The number of fused-ring (bicyclic) bond motifs is 1. The molecule has 2 fully saturated rings. The normalized spacial score (nSPS) is 37.4. The van der Waals surface area contributed by atoms with Crippen LogP contribution in [0.3, 0.4) is 0 Å². The molecule has 0 radical (unpaired) electrons. The van der Waals surface area contributed by atoms with Gasteiger partial charge in [-0.15, -0.1) is 0 Å². The zero-order valence-corrected chi connectivity index (χ0v) is 6.73. The van der Waals surface area contributed by atoms with E-state index in [0.29, 0.717) is 12.8 Å². The van der Waals surface area contributed by atoms with E-state index in [9.17, 15) is 14.4 Å². The van der Waals surface area contributed by atoms with Crippen LogP contribution in [0.25, 0.3) is 0 Å². The molecule has 0 spiro atoms. The summed E-state index contributed by atoms with van der Waals surface area (Å²) in [5, 5.41) is 8.75. The van der Waals surface area contributed by atoms with Crippen LogP contribution in [0.1, 0.15) is 12.8 Å². The third-order valence-electron chi connectivity index (χ3n) is 2.75. The highest BCUT2D eigenvalue weighted by molar-refractivity contribution is 5.99. The van der Waals surface area contributed by atoms with Gasteiger partial charge >= 0.3 is 17.9 Å². The standard InChI is InChI=1S/C8H8O5/c9-6(10)3-1-2-4-5(3)8(12)13-7(4)11/h3-5H,1-2H2,(H,9,10). The van der Waals surface area contributed by atoms with Gasteiger partial charge in [0.05, 0.1) is 17.8 Å². The molecule has 1 aliphatic heterocycles. The number of carbonyl (C=O) groups is 3. The summed E-state index contributed by atoms with van der Waals surface area (Å²) in [6, 6.07) is 0. The van der Waals surface area contributed by atoms with E-state index in [1.165, 1.54) is 0 Å². The van der Waals surface area contributed by atoms with Crippen LogP contribution in [0.4, 0.5) is 0 Å². The van der Waals surface area contributed by atoms with Crippen molar-refractivity contribution in [3.8, 4) is 0 Å². The van der Waals surface area contributed by atoms with Gasteiger partial charge in [-0.05, 0) is 12.8 Å². The third kappa shape index (κ3) is 1.03. The summed E-state index contributed by atoms with van der Waals surface area (Å²) in [6.45, 7) is 0. The van der Waals surface area contributed by atoms with Crippen LogP contribution in [-0.2, 0) is 19.1 Å². The van der Waals surface area contributed by atoms with E-state index in [1.54, 1.807) is 0 Å². The van der Waals surface area contributed by atoms with Gasteiger partial charge in [0.25, 0.3) is 0 Å². The molecule has 0 amide bonds. The minimum Gasteiger partial charge on any atom is -0.481 e. The number of rotatable bonds is 1. The smallest absolute Gasteiger partial charge is 0.318 e. The van der Waals surface area contributed by atoms with Gasteiger partial charge in [0.2, 0.25) is 0 Å². The zero-order valence-electron chi connectivity index (χ0n) is 6.73. The molecule has 3 unspecified atom stereocenters. The van der Waals surface area contributed by atoms with Gasteiger partial charge in [0, 0.05) is 0 Å². The maximum absolute atomic E-state index is 11.1. The molecule has 0 aromatic heterocycles. The zero-order chi connectivity index (χ0) is 9.59. The molecule has 0 aromatic rings. The Bertz CT molecular complexity index is 295. The summed E-state index contributed by atoms with van der Waals surface area (Å²) in [5.74, 6) is -4.21.